The molecule has 2 unspecified atom stereocenters. The molecule has 3 nitrogen and oxygen atoms in total. The molecule has 92 valence electrons. The zero-order valence-electron chi connectivity index (χ0n) is 9.47. The summed E-state index contributed by atoms with van der Waals surface area (Å²) < 4.78 is 1.16. The number of hydrogen-bond acceptors (Lipinski definition) is 3. The predicted octanol–water partition coefficient (Wildman–Crippen LogP) is 3.09. The number of carbonyl (C=O) groups excluding carboxylic acids is 1. The highest BCUT2D eigenvalue weighted by molar-refractivity contribution is 14.1. The number of aromatic nitrogens is 1. The third kappa shape index (κ3) is 2.29. The van der Waals surface area contributed by atoms with Gasteiger partial charge in [0.2, 0.25) is 5.91 Å². The Hall–Kier alpha value is -0.950. The lowest BCUT2D eigenvalue weighted by atomic mass is 9.95. The summed E-state index contributed by atoms with van der Waals surface area (Å²) in [7, 11) is 0. The van der Waals surface area contributed by atoms with E-state index in [-0.39, 0.29) is 17.9 Å². The molecule has 2 atom stereocenters. The topological polar surface area (TPSA) is 42.0 Å². The lowest BCUT2D eigenvalue weighted by molar-refractivity contribution is -0.119. The zero-order valence-corrected chi connectivity index (χ0v) is 12.4. The second kappa shape index (κ2) is 4.97. The summed E-state index contributed by atoms with van der Waals surface area (Å²) in [5, 5.41) is 4.10. The molecule has 0 radical (unpaired) electrons. The van der Waals surface area contributed by atoms with Gasteiger partial charge in [-0.2, -0.15) is 0 Å². The van der Waals surface area contributed by atoms with E-state index < -0.39 is 0 Å². The molecule has 0 aliphatic carbocycles. The van der Waals surface area contributed by atoms with Crippen molar-refractivity contribution < 1.29 is 4.79 Å². The molecular formula is C13H11IN2OS. The van der Waals surface area contributed by atoms with Crippen LogP contribution in [0.3, 0.4) is 0 Å². The van der Waals surface area contributed by atoms with Crippen LogP contribution in [0.2, 0.25) is 0 Å². The van der Waals surface area contributed by atoms with Crippen molar-refractivity contribution in [3.8, 4) is 0 Å². The van der Waals surface area contributed by atoms with E-state index in [4.69, 9.17) is 0 Å². The number of thiazole rings is 1. The SMILES string of the molecule is O=C1CC(c2ncc(I)s2)C(c2ccccc2)N1. The van der Waals surface area contributed by atoms with Gasteiger partial charge in [-0.3, -0.25) is 4.79 Å². The van der Waals surface area contributed by atoms with E-state index in [0.717, 1.165) is 13.5 Å². The fraction of sp³-hybridized carbons (Fsp3) is 0.231. The molecule has 1 N–H and O–H groups in total. The van der Waals surface area contributed by atoms with Crippen LogP contribution in [0.4, 0.5) is 0 Å². The predicted molar refractivity (Wildman–Crippen MR) is 79.5 cm³/mol. The third-order valence-corrected chi connectivity index (χ3v) is 4.95. The Bertz CT molecular complexity index is 569. The van der Waals surface area contributed by atoms with Crippen LogP contribution in [0.5, 0.6) is 0 Å². The summed E-state index contributed by atoms with van der Waals surface area (Å²) in [6, 6.07) is 10.2. The highest BCUT2D eigenvalue weighted by Gasteiger charge is 2.36. The van der Waals surface area contributed by atoms with E-state index in [1.165, 1.54) is 0 Å². The first kappa shape index (κ1) is 12.1. The second-order valence-corrected chi connectivity index (χ2v) is 7.23. The number of benzene rings is 1. The molecule has 5 heteroatoms. The van der Waals surface area contributed by atoms with E-state index in [1.807, 2.05) is 24.4 Å². The van der Waals surface area contributed by atoms with Crippen molar-refractivity contribution in [2.45, 2.75) is 18.4 Å². The largest absolute Gasteiger partial charge is 0.349 e. The maximum atomic E-state index is 11.7. The van der Waals surface area contributed by atoms with Crippen molar-refractivity contribution in [3.05, 3.63) is 50.0 Å². The van der Waals surface area contributed by atoms with E-state index >= 15 is 0 Å². The summed E-state index contributed by atoms with van der Waals surface area (Å²) in [6.45, 7) is 0. The van der Waals surface area contributed by atoms with Crippen LogP contribution < -0.4 is 5.32 Å². The number of hydrogen-bond donors (Lipinski definition) is 1. The van der Waals surface area contributed by atoms with Crippen LogP contribution >= 0.6 is 33.9 Å². The Morgan fingerprint density at radius 3 is 2.78 bits per heavy atom. The molecule has 0 bridgehead atoms. The van der Waals surface area contributed by atoms with Crippen molar-refractivity contribution in [1.82, 2.24) is 10.3 Å². The van der Waals surface area contributed by atoms with Gasteiger partial charge < -0.3 is 5.32 Å². The molecular weight excluding hydrogens is 359 g/mol. The lowest BCUT2D eigenvalue weighted by Crippen LogP contribution is -2.20. The number of nitrogens with one attached hydrogen (secondary N) is 1. The summed E-state index contributed by atoms with van der Waals surface area (Å²) in [6.07, 6.45) is 2.40. The smallest absolute Gasteiger partial charge is 0.221 e. The highest BCUT2D eigenvalue weighted by atomic mass is 127. The molecule has 1 amide bonds. The van der Waals surface area contributed by atoms with Crippen LogP contribution in [-0.4, -0.2) is 10.9 Å². The zero-order chi connectivity index (χ0) is 12.5. The average Bonchev–Trinajstić information content (AvgIpc) is 2.96. The number of halogens is 1. The van der Waals surface area contributed by atoms with Gasteiger partial charge in [0.05, 0.1) is 20.1 Å². The van der Waals surface area contributed by atoms with Gasteiger partial charge in [-0.15, -0.1) is 11.3 Å². The Balaban J connectivity index is 1.95. The quantitative estimate of drug-likeness (QED) is 0.826. The van der Waals surface area contributed by atoms with Crippen molar-refractivity contribution in [2.24, 2.45) is 0 Å². The maximum absolute atomic E-state index is 11.7. The minimum atomic E-state index is 0.0562. The Kier molecular flexibility index (Phi) is 3.34. The van der Waals surface area contributed by atoms with Crippen LogP contribution in [0.1, 0.15) is 29.0 Å². The lowest BCUT2D eigenvalue weighted by Gasteiger charge is -2.17. The molecule has 1 aliphatic heterocycles. The van der Waals surface area contributed by atoms with Crippen molar-refractivity contribution in [1.29, 1.82) is 0 Å². The van der Waals surface area contributed by atoms with Crippen LogP contribution in [0.25, 0.3) is 0 Å². The summed E-state index contributed by atoms with van der Waals surface area (Å²) in [4.78, 5) is 16.1. The number of amides is 1. The summed E-state index contributed by atoms with van der Waals surface area (Å²) >= 11 is 3.93. The third-order valence-electron chi connectivity index (χ3n) is 3.10. The molecule has 2 heterocycles. The van der Waals surface area contributed by atoms with Gasteiger partial charge in [0.15, 0.2) is 0 Å². The first-order valence-corrected chi connectivity index (χ1v) is 7.59. The van der Waals surface area contributed by atoms with Crippen LogP contribution in [0, 0.1) is 2.88 Å². The molecule has 2 aromatic rings. The van der Waals surface area contributed by atoms with E-state index in [0.29, 0.717) is 6.42 Å². The molecule has 0 saturated carbocycles. The second-order valence-electron chi connectivity index (χ2n) is 4.27. The number of nitrogens with zero attached hydrogens (tertiary/aromatic N) is 1. The van der Waals surface area contributed by atoms with Gasteiger partial charge in [-0.25, -0.2) is 4.98 Å². The van der Waals surface area contributed by atoms with Gasteiger partial charge in [-0.05, 0) is 28.2 Å². The van der Waals surface area contributed by atoms with E-state index in [1.54, 1.807) is 11.3 Å². The molecule has 1 aromatic carbocycles. The van der Waals surface area contributed by atoms with Crippen molar-refractivity contribution in [3.63, 3.8) is 0 Å². The first-order valence-electron chi connectivity index (χ1n) is 5.69. The normalized spacial score (nSPS) is 23.1. The summed E-state index contributed by atoms with van der Waals surface area (Å²) in [5.41, 5.74) is 1.15. The molecule has 1 fully saturated rings. The maximum Gasteiger partial charge on any atom is 0.221 e. The Morgan fingerprint density at radius 2 is 2.11 bits per heavy atom. The molecule has 1 aromatic heterocycles. The average molecular weight is 370 g/mol. The Labute approximate surface area is 123 Å². The van der Waals surface area contributed by atoms with E-state index in [9.17, 15) is 4.79 Å². The van der Waals surface area contributed by atoms with E-state index in [2.05, 4.69) is 45.0 Å². The van der Waals surface area contributed by atoms with Gasteiger partial charge in [0.25, 0.3) is 0 Å². The number of carbonyl (C=O) groups is 1. The first-order chi connectivity index (χ1) is 8.74. The van der Waals surface area contributed by atoms with Gasteiger partial charge in [0.1, 0.15) is 0 Å². The highest BCUT2D eigenvalue weighted by Crippen LogP contribution is 2.39. The van der Waals surface area contributed by atoms with Crippen molar-refractivity contribution in [2.75, 3.05) is 0 Å². The van der Waals surface area contributed by atoms with Crippen LogP contribution in [-0.2, 0) is 4.79 Å². The minimum absolute atomic E-state index is 0.0562. The molecule has 18 heavy (non-hydrogen) atoms. The van der Waals surface area contributed by atoms with Crippen LogP contribution in [0.15, 0.2) is 36.5 Å². The van der Waals surface area contributed by atoms with Crippen molar-refractivity contribution >= 4 is 39.8 Å². The fourth-order valence-corrected chi connectivity index (χ4v) is 3.89. The monoisotopic (exact) mass is 370 g/mol. The molecule has 1 saturated heterocycles. The standard InChI is InChI=1S/C13H11IN2OS/c14-10-7-15-13(18-10)9-6-11(17)16-12(9)8-4-2-1-3-5-8/h1-5,7,9,12H,6H2,(H,16,17). The van der Waals surface area contributed by atoms with Gasteiger partial charge >= 0.3 is 0 Å². The van der Waals surface area contributed by atoms with Gasteiger partial charge in [0, 0.05) is 12.3 Å². The molecule has 3 rings (SSSR count). The van der Waals surface area contributed by atoms with Gasteiger partial charge in [-0.1, -0.05) is 30.3 Å². The minimum Gasteiger partial charge on any atom is -0.349 e. The summed E-state index contributed by atoms with van der Waals surface area (Å²) in [5.74, 6) is 0.271. The molecule has 0 spiro atoms. The number of rotatable bonds is 2. The Morgan fingerprint density at radius 1 is 1.33 bits per heavy atom. The molecule has 1 aliphatic rings. The fourth-order valence-electron chi connectivity index (χ4n) is 2.29.